The van der Waals surface area contributed by atoms with Gasteiger partial charge in [-0.2, -0.15) is 0 Å². The Morgan fingerprint density at radius 2 is 1.79 bits per heavy atom. The number of alkyl carbamates (subject to hydrolysis) is 1. The summed E-state index contributed by atoms with van der Waals surface area (Å²) in [6.45, 7) is 5.00. The van der Waals surface area contributed by atoms with E-state index in [1.54, 1.807) is 11.0 Å². The van der Waals surface area contributed by atoms with Gasteiger partial charge in [-0.15, -0.1) is 5.10 Å². The Morgan fingerprint density at radius 3 is 2.38 bits per heavy atom. The number of amides is 1. The smallest absolute Gasteiger partial charge is 0.407 e. The number of carbonyl (C=O) groups excluding carboxylic acids is 1. The molecule has 1 N–H and O–H groups in total. The average molecular weight is 391 g/mol. The van der Waals surface area contributed by atoms with Gasteiger partial charge in [0.25, 0.3) is 0 Å². The standard InChI is InChI=1S/C22H25N5O2/c1-3-15(2)21(12-27-14-23-25-26-27)24-22(28)29-13-20-18-10-6-4-8-16(18)17-9-5-7-11-19(17)20/h4-11,14-15,20-21H,3,12-13H2,1-2H3,(H,24,28)/t15?,21-/m1/s1. The first-order valence-corrected chi connectivity index (χ1v) is 9.99. The van der Waals surface area contributed by atoms with Crippen molar-refractivity contribution in [3.8, 4) is 11.1 Å². The molecule has 29 heavy (non-hydrogen) atoms. The Bertz CT molecular complexity index is 927. The highest BCUT2D eigenvalue weighted by Gasteiger charge is 2.29. The molecule has 150 valence electrons. The molecule has 0 radical (unpaired) electrons. The van der Waals surface area contributed by atoms with Crippen LogP contribution in [0.25, 0.3) is 11.1 Å². The van der Waals surface area contributed by atoms with Crippen molar-refractivity contribution in [1.82, 2.24) is 25.5 Å². The molecular formula is C22H25N5O2. The summed E-state index contributed by atoms with van der Waals surface area (Å²) in [5.41, 5.74) is 4.84. The van der Waals surface area contributed by atoms with Crippen molar-refractivity contribution in [1.29, 1.82) is 0 Å². The van der Waals surface area contributed by atoms with Crippen LogP contribution in [-0.4, -0.2) is 38.9 Å². The van der Waals surface area contributed by atoms with Crippen LogP contribution in [0.2, 0.25) is 0 Å². The van der Waals surface area contributed by atoms with E-state index in [4.69, 9.17) is 4.74 Å². The van der Waals surface area contributed by atoms with Crippen LogP contribution in [0.15, 0.2) is 54.9 Å². The summed E-state index contributed by atoms with van der Waals surface area (Å²) in [4.78, 5) is 12.6. The second kappa shape index (κ2) is 8.43. The number of hydrogen-bond acceptors (Lipinski definition) is 5. The second-order valence-electron chi connectivity index (χ2n) is 7.49. The molecule has 0 aliphatic heterocycles. The van der Waals surface area contributed by atoms with E-state index in [0.717, 1.165) is 6.42 Å². The lowest BCUT2D eigenvalue weighted by atomic mass is 9.98. The van der Waals surface area contributed by atoms with Crippen molar-refractivity contribution in [3.05, 3.63) is 66.0 Å². The molecule has 0 saturated carbocycles. The zero-order chi connectivity index (χ0) is 20.2. The van der Waals surface area contributed by atoms with Gasteiger partial charge in [0.05, 0.1) is 12.6 Å². The van der Waals surface area contributed by atoms with E-state index in [1.807, 2.05) is 24.3 Å². The predicted octanol–water partition coefficient (Wildman–Crippen LogP) is 3.63. The summed E-state index contributed by atoms with van der Waals surface area (Å²) >= 11 is 0. The van der Waals surface area contributed by atoms with Gasteiger partial charge in [0, 0.05) is 5.92 Å². The van der Waals surface area contributed by atoms with Crippen molar-refractivity contribution in [2.24, 2.45) is 5.92 Å². The van der Waals surface area contributed by atoms with E-state index < -0.39 is 6.09 Å². The lowest BCUT2D eigenvalue weighted by molar-refractivity contribution is 0.133. The van der Waals surface area contributed by atoms with Crippen LogP contribution < -0.4 is 5.32 Å². The van der Waals surface area contributed by atoms with E-state index in [2.05, 4.69) is 59.0 Å². The van der Waals surface area contributed by atoms with Crippen LogP contribution in [0.1, 0.15) is 37.3 Å². The van der Waals surface area contributed by atoms with E-state index in [9.17, 15) is 4.79 Å². The van der Waals surface area contributed by atoms with Gasteiger partial charge >= 0.3 is 6.09 Å². The van der Waals surface area contributed by atoms with Crippen molar-refractivity contribution in [2.45, 2.75) is 38.8 Å². The molecule has 3 aromatic rings. The molecule has 1 unspecified atom stereocenters. The highest BCUT2D eigenvalue weighted by atomic mass is 16.5. The van der Waals surface area contributed by atoms with Crippen LogP contribution in [-0.2, 0) is 11.3 Å². The number of nitrogens with one attached hydrogen (secondary N) is 1. The molecular weight excluding hydrogens is 366 g/mol. The topological polar surface area (TPSA) is 81.9 Å². The minimum absolute atomic E-state index is 0.0507. The highest BCUT2D eigenvalue weighted by Crippen LogP contribution is 2.44. The first-order valence-electron chi connectivity index (χ1n) is 9.99. The summed E-state index contributed by atoms with van der Waals surface area (Å²) in [5, 5.41) is 14.2. The number of aromatic nitrogens is 4. The maximum absolute atomic E-state index is 12.6. The molecule has 0 spiro atoms. The Morgan fingerprint density at radius 1 is 1.14 bits per heavy atom. The Labute approximate surface area is 170 Å². The minimum atomic E-state index is -0.412. The van der Waals surface area contributed by atoms with Gasteiger partial charge in [-0.3, -0.25) is 0 Å². The number of rotatable bonds is 7. The zero-order valence-corrected chi connectivity index (χ0v) is 16.7. The highest BCUT2D eigenvalue weighted by molar-refractivity contribution is 5.79. The molecule has 1 aliphatic carbocycles. The number of fused-ring (bicyclic) bond motifs is 3. The van der Waals surface area contributed by atoms with Gasteiger partial charge in [0.1, 0.15) is 12.9 Å². The quantitative estimate of drug-likeness (QED) is 0.665. The first kappa shape index (κ1) is 19.1. The number of hydrogen-bond donors (Lipinski definition) is 1. The molecule has 0 fully saturated rings. The van der Waals surface area contributed by atoms with E-state index in [0.29, 0.717) is 13.2 Å². The third kappa shape index (κ3) is 3.99. The summed E-state index contributed by atoms with van der Waals surface area (Å²) in [7, 11) is 0. The van der Waals surface area contributed by atoms with Crippen molar-refractivity contribution < 1.29 is 9.53 Å². The SMILES string of the molecule is CCC(C)[C@@H](Cn1cnnn1)NC(=O)OCC1c2ccccc2-c2ccccc21. The van der Waals surface area contributed by atoms with Gasteiger partial charge in [-0.05, 0) is 38.6 Å². The van der Waals surface area contributed by atoms with Gasteiger partial charge in [-0.1, -0.05) is 68.8 Å². The molecule has 0 bridgehead atoms. The predicted molar refractivity (Wildman–Crippen MR) is 109 cm³/mol. The zero-order valence-electron chi connectivity index (χ0n) is 16.7. The van der Waals surface area contributed by atoms with Gasteiger partial charge < -0.3 is 10.1 Å². The second-order valence-corrected chi connectivity index (χ2v) is 7.49. The number of benzene rings is 2. The fraction of sp³-hybridized carbons (Fsp3) is 0.364. The fourth-order valence-electron chi connectivity index (χ4n) is 3.91. The first-order chi connectivity index (χ1) is 14.2. The van der Waals surface area contributed by atoms with E-state index in [-0.39, 0.29) is 17.9 Å². The summed E-state index contributed by atoms with van der Waals surface area (Å²) < 4.78 is 7.30. The minimum Gasteiger partial charge on any atom is -0.449 e. The van der Waals surface area contributed by atoms with Crippen LogP contribution in [0.3, 0.4) is 0 Å². The van der Waals surface area contributed by atoms with Crippen LogP contribution >= 0.6 is 0 Å². The van der Waals surface area contributed by atoms with Gasteiger partial charge in [0.15, 0.2) is 0 Å². The molecule has 4 rings (SSSR count). The molecule has 2 aromatic carbocycles. The Kier molecular flexibility index (Phi) is 5.55. The van der Waals surface area contributed by atoms with Gasteiger partial charge in [0.2, 0.25) is 0 Å². The Balaban J connectivity index is 1.44. The number of nitrogens with zero attached hydrogens (tertiary/aromatic N) is 4. The van der Waals surface area contributed by atoms with E-state index in [1.165, 1.54) is 22.3 Å². The van der Waals surface area contributed by atoms with Crippen LogP contribution in [0, 0.1) is 5.92 Å². The summed E-state index contributed by atoms with van der Waals surface area (Å²) in [5.74, 6) is 0.314. The fourth-order valence-corrected chi connectivity index (χ4v) is 3.91. The molecule has 2 atom stereocenters. The lowest BCUT2D eigenvalue weighted by Crippen LogP contribution is -2.43. The molecule has 1 aromatic heterocycles. The maximum atomic E-state index is 12.6. The molecule has 1 aliphatic rings. The van der Waals surface area contributed by atoms with E-state index >= 15 is 0 Å². The molecule has 7 heteroatoms. The van der Waals surface area contributed by atoms with Crippen LogP contribution in [0.5, 0.6) is 0 Å². The van der Waals surface area contributed by atoms with Crippen molar-refractivity contribution >= 4 is 6.09 Å². The summed E-state index contributed by atoms with van der Waals surface area (Å²) in [6, 6.07) is 16.5. The Hall–Kier alpha value is -3.22. The maximum Gasteiger partial charge on any atom is 0.407 e. The number of ether oxygens (including phenoxy) is 1. The average Bonchev–Trinajstić information content (AvgIpc) is 3.37. The number of tetrazole rings is 1. The largest absolute Gasteiger partial charge is 0.449 e. The monoisotopic (exact) mass is 391 g/mol. The molecule has 0 saturated heterocycles. The van der Waals surface area contributed by atoms with Gasteiger partial charge in [-0.25, -0.2) is 9.48 Å². The van der Waals surface area contributed by atoms with Crippen molar-refractivity contribution in [2.75, 3.05) is 6.61 Å². The molecule has 1 heterocycles. The van der Waals surface area contributed by atoms with Crippen LogP contribution in [0.4, 0.5) is 4.79 Å². The summed E-state index contributed by atoms with van der Waals surface area (Å²) in [6.07, 6.45) is 2.07. The van der Waals surface area contributed by atoms with Crippen molar-refractivity contribution in [3.63, 3.8) is 0 Å². The molecule has 1 amide bonds. The molecule has 7 nitrogen and oxygen atoms in total. The third-order valence-electron chi connectivity index (χ3n) is 5.75. The third-order valence-corrected chi connectivity index (χ3v) is 5.75. The number of carbonyl (C=O) groups is 1. The lowest BCUT2D eigenvalue weighted by Gasteiger charge is -2.24. The normalized spacial score (nSPS) is 14.7.